The molecule has 22 heavy (non-hydrogen) atoms. The number of hydrogen-bond acceptors (Lipinski definition) is 4. The van der Waals surface area contributed by atoms with E-state index in [-0.39, 0.29) is 36.8 Å². The summed E-state index contributed by atoms with van der Waals surface area (Å²) in [5.74, 6) is 0.0302. The number of halogens is 1. The Balaban J connectivity index is 0.00000242. The predicted octanol–water partition coefficient (Wildman–Crippen LogP) is 1.84. The van der Waals surface area contributed by atoms with Crippen LogP contribution in [0.2, 0.25) is 0 Å². The van der Waals surface area contributed by atoms with E-state index in [1.165, 1.54) is 17.8 Å². The van der Waals surface area contributed by atoms with Crippen molar-refractivity contribution in [3.8, 4) is 0 Å². The van der Waals surface area contributed by atoms with Crippen molar-refractivity contribution in [1.82, 2.24) is 10.6 Å². The first-order valence-corrected chi connectivity index (χ1v) is 8.26. The van der Waals surface area contributed by atoms with Gasteiger partial charge in [-0.25, -0.2) is 0 Å². The van der Waals surface area contributed by atoms with Gasteiger partial charge in [-0.2, -0.15) is 0 Å². The Labute approximate surface area is 141 Å². The van der Waals surface area contributed by atoms with Gasteiger partial charge in [-0.05, 0) is 44.4 Å². The third-order valence-electron chi connectivity index (χ3n) is 3.93. The molecule has 1 aromatic rings. The largest absolute Gasteiger partial charge is 0.352 e. The zero-order chi connectivity index (χ0) is 15.2. The summed E-state index contributed by atoms with van der Waals surface area (Å²) >= 11 is 1.43. The van der Waals surface area contributed by atoms with Crippen LogP contribution in [0.5, 0.6) is 0 Å². The second-order valence-electron chi connectivity index (χ2n) is 5.55. The van der Waals surface area contributed by atoms with Gasteiger partial charge in [0.05, 0.1) is 11.4 Å². The van der Waals surface area contributed by atoms with Crippen LogP contribution in [0.1, 0.15) is 40.2 Å². The van der Waals surface area contributed by atoms with Crippen LogP contribution in [0.4, 0.5) is 0 Å². The Morgan fingerprint density at radius 3 is 2.68 bits per heavy atom. The van der Waals surface area contributed by atoms with E-state index in [4.69, 9.17) is 5.73 Å². The number of rotatable bonds is 5. The van der Waals surface area contributed by atoms with Crippen molar-refractivity contribution in [3.05, 3.63) is 21.9 Å². The molecule has 0 radical (unpaired) electrons. The predicted molar refractivity (Wildman–Crippen MR) is 91.6 cm³/mol. The molecule has 2 amide bonds. The van der Waals surface area contributed by atoms with Gasteiger partial charge in [-0.1, -0.05) is 12.8 Å². The Morgan fingerprint density at radius 2 is 2.05 bits per heavy atom. The molecule has 2 unspecified atom stereocenters. The Hall–Kier alpha value is -1.11. The molecule has 1 aromatic heterocycles. The summed E-state index contributed by atoms with van der Waals surface area (Å²) in [5, 5.41) is 5.66. The maximum Gasteiger partial charge on any atom is 0.261 e. The number of nitrogens with two attached hydrogens (primary N) is 1. The first-order valence-electron chi connectivity index (χ1n) is 7.44. The molecule has 0 bridgehead atoms. The number of carbonyl (C=O) groups excluding carboxylic acids is 2. The minimum Gasteiger partial charge on any atom is -0.352 e. The molecule has 0 aliphatic heterocycles. The van der Waals surface area contributed by atoms with Gasteiger partial charge in [-0.3, -0.25) is 9.59 Å². The van der Waals surface area contributed by atoms with E-state index in [1.54, 1.807) is 6.07 Å². The molecule has 1 fully saturated rings. The van der Waals surface area contributed by atoms with E-state index in [2.05, 4.69) is 10.6 Å². The molecule has 7 heteroatoms. The standard InChI is InChI=1S/C15H23N3O2S.ClH/c1-10-6-7-13(21-10)15(20)17-9-14(19)18-12-5-3-2-4-11(12)8-16;/h6-7,11-12H,2-5,8-9,16H2,1H3,(H,17,20)(H,18,19);1H. The summed E-state index contributed by atoms with van der Waals surface area (Å²) in [6, 6.07) is 3.82. The molecule has 1 saturated carbocycles. The zero-order valence-corrected chi connectivity index (χ0v) is 14.4. The number of aryl methyl sites for hydroxylation is 1. The molecule has 4 N–H and O–H groups in total. The molecular formula is C15H24ClN3O2S. The molecule has 2 atom stereocenters. The number of thiophene rings is 1. The SMILES string of the molecule is Cc1ccc(C(=O)NCC(=O)NC2CCCCC2CN)s1.Cl. The fourth-order valence-electron chi connectivity index (χ4n) is 2.74. The van der Waals surface area contributed by atoms with Crippen molar-refractivity contribution in [2.75, 3.05) is 13.1 Å². The van der Waals surface area contributed by atoms with Crippen LogP contribution < -0.4 is 16.4 Å². The molecule has 0 aromatic carbocycles. The van der Waals surface area contributed by atoms with Gasteiger partial charge >= 0.3 is 0 Å². The van der Waals surface area contributed by atoms with E-state index in [9.17, 15) is 9.59 Å². The van der Waals surface area contributed by atoms with Crippen LogP contribution in [0.15, 0.2) is 12.1 Å². The monoisotopic (exact) mass is 345 g/mol. The lowest BCUT2D eigenvalue weighted by molar-refractivity contribution is -0.121. The molecule has 2 rings (SSSR count). The molecule has 1 aliphatic rings. The van der Waals surface area contributed by atoms with Crippen LogP contribution in [0.25, 0.3) is 0 Å². The minimum absolute atomic E-state index is 0. The van der Waals surface area contributed by atoms with Crippen LogP contribution >= 0.6 is 23.7 Å². The fraction of sp³-hybridized carbons (Fsp3) is 0.600. The van der Waals surface area contributed by atoms with Crippen LogP contribution in [0.3, 0.4) is 0 Å². The van der Waals surface area contributed by atoms with Crippen molar-refractivity contribution in [1.29, 1.82) is 0 Å². The summed E-state index contributed by atoms with van der Waals surface area (Å²) in [6.45, 7) is 2.57. The molecule has 0 spiro atoms. The van der Waals surface area contributed by atoms with Crippen molar-refractivity contribution >= 4 is 35.6 Å². The van der Waals surface area contributed by atoms with Gasteiger partial charge in [0.1, 0.15) is 0 Å². The van der Waals surface area contributed by atoms with E-state index in [1.807, 2.05) is 13.0 Å². The average Bonchev–Trinajstić information content (AvgIpc) is 2.92. The fourth-order valence-corrected chi connectivity index (χ4v) is 3.53. The number of amides is 2. The molecular weight excluding hydrogens is 322 g/mol. The normalized spacial score (nSPS) is 20.8. The Morgan fingerprint density at radius 1 is 1.32 bits per heavy atom. The molecule has 5 nitrogen and oxygen atoms in total. The smallest absolute Gasteiger partial charge is 0.261 e. The number of hydrogen-bond donors (Lipinski definition) is 3. The highest BCUT2D eigenvalue weighted by atomic mass is 35.5. The van der Waals surface area contributed by atoms with E-state index in [0.29, 0.717) is 17.3 Å². The first-order chi connectivity index (χ1) is 10.1. The summed E-state index contributed by atoms with van der Waals surface area (Å²) < 4.78 is 0. The maximum atomic E-state index is 12.0. The van der Waals surface area contributed by atoms with Gasteiger partial charge in [0, 0.05) is 10.9 Å². The Kier molecular flexibility index (Phi) is 7.85. The van der Waals surface area contributed by atoms with Crippen molar-refractivity contribution < 1.29 is 9.59 Å². The first kappa shape index (κ1) is 18.9. The number of nitrogens with one attached hydrogen (secondary N) is 2. The lowest BCUT2D eigenvalue weighted by atomic mass is 9.84. The lowest BCUT2D eigenvalue weighted by Gasteiger charge is -2.31. The summed E-state index contributed by atoms with van der Waals surface area (Å²) in [4.78, 5) is 25.5. The highest BCUT2D eigenvalue weighted by Crippen LogP contribution is 2.23. The van der Waals surface area contributed by atoms with E-state index in [0.717, 1.165) is 24.1 Å². The van der Waals surface area contributed by atoms with Gasteiger partial charge < -0.3 is 16.4 Å². The highest BCUT2D eigenvalue weighted by molar-refractivity contribution is 7.13. The van der Waals surface area contributed by atoms with Crippen LogP contribution in [-0.4, -0.2) is 30.9 Å². The highest BCUT2D eigenvalue weighted by Gasteiger charge is 2.25. The second-order valence-corrected chi connectivity index (χ2v) is 6.84. The zero-order valence-electron chi connectivity index (χ0n) is 12.8. The average molecular weight is 346 g/mol. The summed E-state index contributed by atoms with van der Waals surface area (Å²) in [5.41, 5.74) is 5.75. The summed E-state index contributed by atoms with van der Waals surface area (Å²) in [6.07, 6.45) is 4.36. The molecule has 1 heterocycles. The topological polar surface area (TPSA) is 84.2 Å². The van der Waals surface area contributed by atoms with Crippen molar-refractivity contribution in [2.45, 2.75) is 38.6 Å². The van der Waals surface area contributed by atoms with Crippen LogP contribution in [-0.2, 0) is 4.79 Å². The number of carbonyl (C=O) groups is 2. The van der Waals surface area contributed by atoms with E-state index < -0.39 is 0 Å². The minimum atomic E-state index is -0.192. The molecule has 124 valence electrons. The molecule has 1 aliphatic carbocycles. The maximum absolute atomic E-state index is 12.0. The van der Waals surface area contributed by atoms with Crippen molar-refractivity contribution in [2.24, 2.45) is 11.7 Å². The Bertz CT molecular complexity index is 507. The second kappa shape index (κ2) is 9.12. The summed E-state index contributed by atoms with van der Waals surface area (Å²) in [7, 11) is 0. The molecule has 0 saturated heterocycles. The van der Waals surface area contributed by atoms with E-state index >= 15 is 0 Å². The van der Waals surface area contributed by atoms with Gasteiger partial charge in [0.15, 0.2) is 0 Å². The van der Waals surface area contributed by atoms with Crippen molar-refractivity contribution in [3.63, 3.8) is 0 Å². The van der Waals surface area contributed by atoms with Gasteiger partial charge in [-0.15, -0.1) is 23.7 Å². The third kappa shape index (κ3) is 5.26. The van der Waals surface area contributed by atoms with Crippen LogP contribution in [0, 0.1) is 12.8 Å². The van der Waals surface area contributed by atoms with Gasteiger partial charge in [0.2, 0.25) is 5.91 Å². The third-order valence-corrected chi connectivity index (χ3v) is 4.93. The quantitative estimate of drug-likeness (QED) is 0.761. The van der Waals surface area contributed by atoms with Gasteiger partial charge in [0.25, 0.3) is 5.91 Å². The lowest BCUT2D eigenvalue weighted by Crippen LogP contribution is -2.47.